The number of allylic oxidation sites excluding steroid dienone is 1. The Hall–Kier alpha value is -3.90. The maximum Gasteiger partial charge on any atom is 0.168 e. The summed E-state index contributed by atoms with van der Waals surface area (Å²) in [6, 6.07) is 25.0. The highest BCUT2D eigenvalue weighted by atomic mass is 35.5. The standard InChI is InChI=1S/C37H36Cl2N4O/c1-6-30(25-13-15-31-26(17-25)16-22(2)19-40-31)41-20-29(24-10-8-7-9-11-24)32-18-28(33-21-43(33,4)5)37(44)36(42-32)27-14-12-23(3)34(38)35(27)39/h6-19,29,33,41H,20-21H2,1-5H3/p+1/b30-6+. The van der Waals surface area contributed by atoms with Gasteiger partial charge in [-0.05, 0) is 67.3 Å². The summed E-state index contributed by atoms with van der Waals surface area (Å²) in [4.78, 5) is 9.70. The van der Waals surface area contributed by atoms with Gasteiger partial charge in [0.15, 0.2) is 11.8 Å². The number of hydrogen-bond donors (Lipinski definition) is 2. The topological polar surface area (TPSA) is 58.0 Å². The lowest BCUT2D eigenvalue weighted by molar-refractivity contribution is -0.772. The van der Waals surface area contributed by atoms with E-state index in [2.05, 4.69) is 92.0 Å². The summed E-state index contributed by atoms with van der Waals surface area (Å²) in [5.74, 6) is 0.0564. The van der Waals surface area contributed by atoms with Crippen LogP contribution in [-0.4, -0.2) is 46.7 Å². The molecule has 5 nitrogen and oxygen atoms in total. The monoisotopic (exact) mass is 623 g/mol. The summed E-state index contributed by atoms with van der Waals surface area (Å²) in [7, 11) is 4.35. The van der Waals surface area contributed by atoms with Crippen LogP contribution >= 0.6 is 23.2 Å². The molecule has 0 amide bonds. The number of hydrogen-bond acceptors (Lipinski definition) is 4. The third-order valence-corrected chi connectivity index (χ3v) is 9.73. The van der Waals surface area contributed by atoms with Crippen LogP contribution in [0.5, 0.6) is 5.75 Å². The van der Waals surface area contributed by atoms with Gasteiger partial charge in [-0.2, -0.15) is 0 Å². The SMILES string of the molecule is C/C=C(/NCC(c1ccccc1)c1cc(C2C[N+]2(C)C)c(O)c(-c2ccc(C)c(Cl)c2Cl)n1)c1ccc2ncc(C)cc2c1. The van der Waals surface area contributed by atoms with Crippen molar-refractivity contribution in [3.05, 3.63) is 129 Å². The van der Waals surface area contributed by atoms with Gasteiger partial charge in [0.1, 0.15) is 12.2 Å². The van der Waals surface area contributed by atoms with Gasteiger partial charge in [0.05, 0.1) is 40.9 Å². The summed E-state index contributed by atoms with van der Waals surface area (Å²) in [6.07, 6.45) is 4.00. The van der Waals surface area contributed by atoms with Crippen LogP contribution < -0.4 is 5.32 Å². The van der Waals surface area contributed by atoms with Crippen molar-refractivity contribution in [1.82, 2.24) is 15.3 Å². The molecule has 2 unspecified atom stereocenters. The van der Waals surface area contributed by atoms with E-state index in [9.17, 15) is 5.11 Å². The third kappa shape index (κ3) is 5.80. The van der Waals surface area contributed by atoms with Crippen molar-refractivity contribution in [3.8, 4) is 17.0 Å². The molecule has 3 heterocycles. The molecule has 3 aromatic carbocycles. The zero-order valence-electron chi connectivity index (χ0n) is 25.7. The van der Waals surface area contributed by atoms with Crippen LogP contribution in [0.2, 0.25) is 10.0 Å². The first-order chi connectivity index (χ1) is 21.1. The normalized spacial score (nSPS) is 16.6. The fraction of sp³-hybridized carbons (Fsp3) is 0.243. The van der Waals surface area contributed by atoms with Crippen LogP contribution in [0.4, 0.5) is 0 Å². The largest absolute Gasteiger partial charge is 0.505 e. The van der Waals surface area contributed by atoms with Gasteiger partial charge in [0, 0.05) is 35.3 Å². The molecule has 0 spiro atoms. The Bertz CT molecular complexity index is 1900. The van der Waals surface area contributed by atoms with Gasteiger partial charge >= 0.3 is 0 Å². The van der Waals surface area contributed by atoms with Crippen molar-refractivity contribution >= 4 is 39.8 Å². The highest BCUT2D eigenvalue weighted by Gasteiger charge is 2.50. The number of fused-ring (bicyclic) bond motifs is 1. The van der Waals surface area contributed by atoms with Crippen LogP contribution in [0.25, 0.3) is 27.9 Å². The number of nitrogens with zero attached hydrogens (tertiary/aromatic N) is 3. The maximum absolute atomic E-state index is 11.7. The number of aromatic hydroxyl groups is 1. The first-order valence-electron chi connectivity index (χ1n) is 14.9. The van der Waals surface area contributed by atoms with E-state index in [-0.39, 0.29) is 17.7 Å². The van der Waals surface area contributed by atoms with Crippen LogP contribution in [-0.2, 0) is 0 Å². The minimum atomic E-state index is -0.109. The third-order valence-electron chi connectivity index (χ3n) is 8.76. The summed E-state index contributed by atoms with van der Waals surface area (Å²) in [5, 5.41) is 17.4. The molecule has 0 aliphatic carbocycles. The lowest BCUT2D eigenvalue weighted by Gasteiger charge is -2.23. The highest BCUT2D eigenvalue weighted by Crippen LogP contribution is 2.49. The number of aromatic nitrogens is 2. The van der Waals surface area contributed by atoms with E-state index in [1.165, 1.54) is 0 Å². The number of aryl methyl sites for hydroxylation is 2. The van der Waals surface area contributed by atoms with Gasteiger partial charge in [-0.3, -0.25) is 4.98 Å². The summed E-state index contributed by atoms with van der Waals surface area (Å²) >= 11 is 13.4. The quantitative estimate of drug-likeness (QED) is 0.134. The van der Waals surface area contributed by atoms with E-state index in [1.807, 2.05) is 38.2 Å². The molecule has 1 aliphatic rings. The van der Waals surface area contributed by atoms with Gasteiger partial charge < -0.3 is 14.9 Å². The molecule has 0 saturated carbocycles. The molecule has 5 aromatic rings. The Morgan fingerprint density at radius 3 is 2.48 bits per heavy atom. The number of benzene rings is 3. The Labute approximate surface area is 269 Å². The molecule has 1 saturated heterocycles. The maximum atomic E-state index is 11.7. The fourth-order valence-electron chi connectivity index (χ4n) is 5.97. The minimum Gasteiger partial charge on any atom is -0.505 e. The van der Waals surface area contributed by atoms with Gasteiger partial charge in [0.2, 0.25) is 0 Å². The average Bonchev–Trinajstić information content (AvgIpc) is 3.66. The van der Waals surface area contributed by atoms with Gasteiger partial charge in [-0.15, -0.1) is 0 Å². The van der Waals surface area contributed by atoms with Crippen molar-refractivity contribution < 1.29 is 9.59 Å². The lowest BCUT2D eigenvalue weighted by Crippen LogP contribution is -2.22. The number of pyridine rings is 2. The molecule has 7 heteroatoms. The second-order valence-corrected chi connectivity index (χ2v) is 13.1. The Morgan fingerprint density at radius 2 is 1.77 bits per heavy atom. The highest BCUT2D eigenvalue weighted by molar-refractivity contribution is 6.44. The molecule has 2 N–H and O–H groups in total. The Morgan fingerprint density at radius 1 is 1.02 bits per heavy atom. The van der Waals surface area contributed by atoms with Crippen molar-refractivity contribution in [2.24, 2.45) is 0 Å². The van der Waals surface area contributed by atoms with Crippen LogP contribution in [0.3, 0.4) is 0 Å². The van der Waals surface area contributed by atoms with Crippen molar-refractivity contribution in [2.45, 2.75) is 32.7 Å². The van der Waals surface area contributed by atoms with Crippen molar-refractivity contribution in [3.63, 3.8) is 0 Å². The average molecular weight is 625 g/mol. The number of halogens is 2. The first-order valence-corrected chi connectivity index (χ1v) is 15.7. The summed E-state index contributed by atoms with van der Waals surface area (Å²) in [5.41, 5.74) is 9.06. The molecular weight excluding hydrogens is 587 g/mol. The molecule has 0 radical (unpaired) electrons. The van der Waals surface area contributed by atoms with Crippen LogP contribution in [0.15, 0.2) is 85.1 Å². The lowest BCUT2D eigenvalue weighted by atomic mass is 9.92. The van der Waals surface area contributed by atoms with Crippen molar-refractivity contribution in [2.75, 3.05) is 27.2 Å². The molecular formula is C37H37Cl2N4O+. The molecule has 44 heavy (non-hydrogen) atoms. The van der Waals surface area contributed by atoms with E-state index in [0.717, 1.165) is 61.1 Å². The Kier molecular flexibility index (Phi) is 8.14. The van der Waals surface area contributed by atoms with Crippen LogP contribution in [0.1, 0.15) is 52.4 Å². The van der Waals surface area contributed by atoms with Crippen molar-refractivity contribution in [1.29, 1.82) is 0 Å². The predicted molar refractivity (Wildman–Crippen MR) is 182 cm³/mol. The number of nitrogens with one attached hydrogen (secondary N) is 1. The predicted octanol–water partition coefficient (Wildman–Crippen LogP) is 8.84. The van der Waals surface area contributed by atoms with E-state index < -0.39 is 0 Å². The summed E-state index contributed by atoms with van der Waals surface area (Å²) in [6.45, 7) is 7.55. The van der Waals surface area contributed by atoms with E-state index >= 15 is 0 Å². The molecule has 1 aliphatic heterocycles. The second kappa shape index (κ2) is 11.9. The molecule has 224 valence electrons. The zero-order chi connectivity index (χ0) is 31.2. The van der Waals surface area contributed by atoms with E-state index in [1.54, 1.807) is 0 Å². The smallest absolute Gasteiger partial charge is 0.168 e. The van der Waals surface area contributed by atoms with Gasteiger partial charge in [-0.1, -0.05) is 77.8 Å². The van der Waals surface area contributed by atoms with Gasteiger partial charge in [-0.25, -0.2) is 4.98 Å². The van der Waals surface area contributed by atoms with E-state index in [4.69, 9.17) is 28.2 Å². The number of rotatable bonds is 8. The molecule has 2 aromatic heterocycles. The van der Waals surface area contributed by atoms with Crippen LogP contribution in [0, 0.1) is 13.8 Å². The number of likely N-dealkylation sites (N-methyl/N-ethyl adjacent to an activating group) is 1. The fourth-order valence-corrected chi connectivity index (χ4v) is 6.44. The Balaban J connectivity index is 1.44. The summed E-state index contributed by atoms with van der Waals surface area (Å²) < 4.78 is 0.798. The first kappa shape index (κ1) is 30.1. The minimum absolute atomic E-state index is 0.109. The molecule has 6 rings (SSSR count). The van der Waals surface area contributed by atoms with Gasteiger partial charge in [0.25, 0.3) is 0 Å². The van der Waals surface area contributed by atoms with E-state index in [0.29, 0.717) is 27.8 Å². The molecule has 0 bridgehead atoms. The number of quaternary nitrogens is 1. The molecule has 2 atom stereocenters. The molecule has 1 fully saturated rings. The second-order valence-electron chi connectivity index (χ2n) is 12.3. The zero-order valence-corrected chi connectivity index (χ0v) is 27.2.